The average molecular weight is 534 g/mol. The molecule has 0 N–H and O–H groups in total. The van der Waals surface area contributed by atoms with E-state index in [0.717, 1.165) is 16.0 Å². The first-order valence-electron chi connectivity index (χ1n) is 12.6. The number of ether oxygens (including phenoxy) is 1. The first kappa shape index (κ1) is 23.7. The number of benzene rings is 4. The highest BCUT2D eigenvalue weighted by Crippen LogP contribution is 2.57. The van der Waals surface area contributed by atoms with Crippen LogP contribution >= 0.6 is 11.6 Å². The van der Waals surface area contributed by atoms with Gasteiger partial charge in [-0.05, 0) is 41.0 Å². The summed E-state index contributed by atoms with van der Waals surface area (Å²) in [6, 6.07) is 29.9. The molecule has 1 aliphatic carbocycles. The summed E-state index contributed by atoms with van der Waals surface area (Å²) in [6.07, 6.45) is -0.987. The van der Waals surface area contributed by atoms with Crippen molar-refractivity contribution in [1.82, 2.24) is 0 Å². The van der Waals surface area contributed by atoms with E-state index in [-0.39, 0.29) is 11.1 Å². The molecule has 0 aromatic heterocycles. The number of fused-ring (bicyclic) bond motifs is 3. The predicted molar refractivity (Wildman–Crippen MR) is 144 cm³/mol. The third kappa shape index (κ3) is 3.25. The summed E-state index contributed by atoms with van der Waals surface area (Å²) in [5.41, 5.74) is 1.14. The van der Waals surface area contributed by atoms with Gasteiger partial charge in [0.05, 0.1) is 23.6 Å². The van der Waals surface area contributed by atoms with Crippen molar-refractivity contribution in [3.63, 3.8) is 0 Å². The molecule has 4 aromatic carbocycles. The Bertz CT molecular complexity index is 1650. The van der Waals surface area contributed by atoms with Crippen molar-refractivity contribution in [2.75, 3.05) is 4.90 Å². The molecular formula is C32H20ClNO5. The predicted octanol–water partition coefficient (Wildman–Crippen LogP) is 5.70. The fraction of sp³-hybridized carbons (Fsp3) is 0.125. The van der Waals surface area contributed by atoms with Crippen LogP contribution < -0.4 is 4.90 Å². The number of hydrogen-bond donors (Lipinski definition) is 0. The third-order valence-corrected chi connectivity index (χ3v) is 8.20. The highest BCUT2D eigenvalue weighted by Gasteiger charge is 2.74. The van der Waals surface area contributed by atoms with Crippen LogP contribution in [0.4, 0.5) is 5.69 Å². The number of carbonyl (C=O) groups is 4. The van der Waals surface area contributed by atoms with Gasteiger partial charge in [0.2, 0.25) is 29.0 Å². The van der Waals surface area contributed by atoms with Crippen LogP contribution in [-0.4, -0.2) is 29.0 Å². The number of Topliss-reactive ketones (excluding diaryl/α,β-unsaturated/α-hetero) is 2. The lowest BCUT2D eigenvalue weighted by molar-refractivity contribution is -0.127. The van der Waals surface area contributed by atoms with Crippen LogP contribution in [0.1, 0.15) is 32.4 Å². The molecule has 2 amide bonds. The van der Waals surface area contributed by atoms with Crippen LogP contribution in [0.2, 0.25) is 5.02 Å². The molecule has 3 aliphatic rings. The van der Waals surface area contributed by atoms with E-state index < -0.39 is 46.9 Å². The van der Waals surface area contributed by atoms with Gasteiger partial charge in [-0.1, -0.05) is 90.5 Å². The van der Waals surface area contributed by atoms with Crippen molar-refractivity contribution in [3.05, 3.63) is 125 Å². The Morgan fingerprint density at radius 3 is 1.82 bits per heavy atom. The number of anilines is 1. The number of ketones is 2. The van der Waals surface area contributed by atoms with Crippen molar-refractivity contribution < 1.29 is 23.9 Å². The normalized spacial score (nSPS) is 23.0. The largest absolute Gasteiger partial charge is 0.349 e. The molecule has 7 rings (SSSR count). The van der Waals surface area contributed by atoms with E-state index >= 15 is 0 Å². The average Bonchev–Trinajstić information content (AvgIpc) is 3.54. The topological polar surface area (TPSA) is 80.8 Å². The molecule has 0 saturated carbocycles. The molecule has 6 nitrogen and oxygen atoms in total. The van der Waals surface area contributed by atoms with Crippen LogP contribution in [0.3, 0.4) is 0 Å². The minimum Gasteiger partial charge on any atom is -0.349 e. The van der Waals surface area contributed by atoms with Crippen LogP contribution in [0.5, 0.6) is 0 Å². The highest BCUT2D eigenvalue weighted by atomic mass is 35.5. The molecule has 2 aliphatic heterocycles. The molecule has 7 heteroatoms. The first-order chi connectivity index (χ1) is 18.9. The fourth-order valence-corrected chi connectivity index (χ4v) is 6.28. The van der Waals surface area contributed by atoms with Crippen molar-refractivity contribution >= 4 is 40.7 Å². The van der Waals surface area contributed by atoms with Gasteiger partial charge in [0.15, 0.2) is 0 Å². The zero-order valence-corrected chi connectivity index (χ0v) is 21.2. The Labute approximate surface area is 228 Å². The van der Waals surface area contributed by atoms with E-state index in [4.69, 9.17) is 16.3 Å². The molecule has 0 bridgehead atoms. The minimum atomic E-state index is -2.11. The lowest BCUT2D eigenvalue weighted by Crippen LogP contribution is -2.51. The lowest BCUT2D eigenvalue weighted by Gasteiger charge is -2.27. The Hall–Kier alpha value is -4.39. The van der Waals surface area contributed by atoms with Gasteiger partial charge in [0.25, 0.3) is 0 Å². The van der Waals surface area contributed by atoms with Crippen LogP contribution in [-0.2, 0) is 14.3 Å². The zero-order chi connectivity index (χ0) is 26.9. The third-order valence-electron chi connectivity index (χ3n) is 7.95. The van der Waals surface area contributed by atoms with Crippen LogP contribution in [0, 0.1) is 11.8 Å². The van der Waals surface area contributed by atoms with Gasteiger partial charge < -0.3 is 4.74 Å². The second-order valence-electron chi connectivity index (χ2n) is 9.96. The maximum Gasteiger partial charge on any atom is 0.241 e. The highest BCUT2D eigenvalue weighted by molar-refractivity contribution is 6.37. The molecule has 2 heterocycles. The fourth-order valence-electron chi connectivity index (χ4n) is 6.16. The molecule has 2 fully saturated rings. The van der Waals surface area contributed by atoms with Gasteiger partial charge in [0, 0.05) is 16.1 Å². The minimum absolute atomic E-state index is 0.198. The lowest BCUT2D eigenvalue weighted by atomic mass is 9.77. The Morgan fingerprint density at radius 2 is 1.21 bits per heavy atom. The molecule has 3 atom stereocenters. The standard InChI is InChI=1S/C32H20ClNO5/c33-21-14-10-20(11-15-21)27-25-26(32(39-27)28(35)23-8-4-5-9-24(23)29(32)36)31(38)34(30(25)37)22-16-12-19(13-17-22)18-6-2-1-3-7-18/h1-17,25-27H/t25-,26+,27+/m0/s1. The van der Waals surface area contributed by atoms with Crippen molar-refractivity contribution in [1.29, 1.82) is 0 Å². The quantitative estimate of drug-likeness (QED) is 0.249. The molecule has 2 saturated heterocycles. The summed E-state index contributed by atoms with van der Waals surface area (Å²) in [5, 5.41) is 0.484. The summed E-state index contributed by atoms with van der Waals surface area (Å²) < 4.78 is 6.30. The van der Waals surface area contributed by atoms with Gasteiger partial charge >= 0.3 is 0 Å². The zero-order valence-electron chi connectivity index (χ0n) is 20.4. The number of halogens is 1. The van der Waals surface area contributed by atoms with Gasteiger partial charge in [-0.2, -0.15) is 0 Å². The molecular weight excluding hydrogens is 514 g/mol. The van der Waals surface area contributed by atoms with E-state index in [9.17, 15) is 19.2 Å². The SMILES string of the molecule is O=C1[C@@H]2[C@@H](c3ccc(Cl)cc3)OC3(C(=O)c4ccccc4C3=O)[C@H]2C(=O)N1c1ccc(-c2ccccc2)cc1. The molecule has 1 spiro atoms. The summed E-state index contributed by atoms with van der Waals surface area (Å²) >= 11 is 6.09. The van der Waals surface area contributed by atoms with Crippen LogP contribution in [0.15, 0.2) is 103 Å². The van der Waals surface area contributed by atoms with Gasteiger partial charge in [-0.3, -0.25) is 19.2 Å². The maximum absolute atomic E-state index is 14.1. The monoisotopic (exact) mass is 533 g/mol. The summed E-state index contributed by atoms with van der Waals surface area (Å²) in [5.74, 6) is -4.66. The summed E-state index contributed by atoms with van der Waals surface area (Å²) in [4.78, 5) is 56.9. The van der Waals surface area contributed by atoms with Gasteiger partial charge in [0.1, 0.15) is 0 Å². The van der Waals surface area contributed by atoms with E-state index in [1.54, 1.807) is 60.7 Å². The molecule has 4 aromatic rings. The second-order valence-corrected chi connectivity index (χ2v) is 10.4. The maximum atomic E-state index is 14.1. The number of carbonyl (C=O) groups excluding carboxylic acids is 4. The molecule has 39 heavy (non-hydrogen) atoms. The number of hydrogen-bond acceptors (Lipinski definition) is 5. The van der Waals surface area contributed by atoms with Crippen molar-refractivity contribution in [2.45, 2.75) is 11.7 Å². The van der Waals surface area contributed by atoms with Crippen LogP contribution in [0.25, 0.3) is 11.1 Å². The smallest absolute Gasteiger partial charge is 0.241 e. The summed E-state index contributed by atoms with van der Waals surface area (Å²) in [7, 11) is 0. The molecule has 0 unspecified atom stereocenters. The Morgan fingerprint density at radius 1 is 0.641 bits per heavy atom. The van der Waals surface area contributed by atoms with Gasteiger partial charge in [-0.15, -0.1) is 0 Å². The Balaban J connectivity index is 1.34. The first-order valence-corrected chi connectivity index (χ1v) is 12.9. The molecule has 0 radical (unpaired) electrons. The number of imide groups is 1. The second kappa shape index (κ2) is 8.56. The Kier molecular flexibility index (Phi) is 5.20. The number of amides is 2. The van der Waals surface area contributed by atoms with E-state index in [1.807, 2.05) is 42.5 Å². The number of nitrogens with zero attached hydrogens (tertiary/aromatic N) is 1. The van der Waals surface area contributed by atoms with Crippen molar-refractivity contribution in [2.24, 2.45) is 11.8 Å². The van der Waals surface area contributed by atoms with E-state index in [1.165, 1.54) is 0 Å². The molecule has 190 valence electrons. The number of rotatable bonds is 3. The van der Waals surface area contributed by atoms with E-state index in [0.29, 0.717) is 16.3 Å². The summed E-state index contributed by atoms with van der Waals surface area (Å²) in [6.45, 7) is 0. The van der Waals surface area contributed by atoms with E-state index in [2.05, 4.69) is 0 Å². The van der Waals surface area contributed by atoms with Gasteiger partial charge in [-0.25, -0.2) is 4.90 Å². The van der Waals surface area contributed by atoms with Crippen molar-refractivity contribution in [3.8, 4) is 11.1 Å².